The Balaban J connectivity index is 1.87. The molecule has 6 nitrogen and oxygen atoms in total. The second kappa shape index (κ2) is 10.8. The van der Waals surface area contributed by atoms with E-state index in [1.165, 1.54) is 21.3 Å². The maximum absolute atomic E-state index is 13.4. The van der Waals surface area contributed by atoms with Crippen LogP contribution < -0.4 is 24.8 Å². The van der Waals surface area contributed by atoms with E-state index in [1.807, 2.05) is 30.3 Å². The number of thiocarbonyl (C=S) groups is 1. The lowest BCUT2D eigenvalue weighted by Gasteiger charge is -2.16. The summed E-state index contributed by atoms with van der Waals surface area (Å²) in [6.45, 7) is 0.552. The Hall–Kier alpha value is -3.29. The Morgan fingerprint density at radius 3 is 2.19 bits per heavy atom. The van der Waals surface area contributed by atoms with Crippen molar-refractivity contribution in [2.24, 2.45) is 0 Å². The standard InChI is InChI=1S/C24H23ClN2O4S/c1-29-20-11-16(12-21(30-2)23(20)31-3)22(28)18-13-17(25)9-10-19(18)27-24(32)26-14-15-7-5-4-6-8-15/h4-13H,14H2,1-3H3,(H2,26,27,32). The van der Waals surface area contributed by atoms with Gasteiger partial charge in [0.15, 0.2) is 22.4 Å². The number of hydrogen-bond donors (Lipinski definition) is 2. The summed E-state index contributed by atoms with van der Waals surface area (Å²) in [4.78, 5) is 13.4. The number of ketones is 1. The third kappa shape index (κ3) is 5.49. The van der Waals surface area contributed by atoms with Crippen molar-refractivity contribution in [1.82, 2.24) is 5.32 Å². The van der Waals surface area contributed by atoms with Crippen LogP contribution in [0.2, 0.25) is 5.02 Å². The zero-order valence-electron chi connectivity index (χ0n) is 17.9. The van der Waals surface area contributed by atoms with E-state index in [-0.39, 0.29) is 5.78 Å². The zero-order valence-corrected chi connectivity index (χ0v) is 19.5. The lowest BCUT2D eigenvalue weighted by atomic mass is 10.0. The van der Waals surface area contributed by atoms with Crippen molar-refractivity contribution in [2.75, 3.05) is 26.6 Å². The minimum absolute atomic E-state index is 0.278. The van der Waals surface area contributed by atoms with Crippen LogP contribution in [0.1, 0.15) is 21.5 Å². The highest BCUT2D eigenvalue weighted by molar-refractivity contribution is 7.80. The Bertz CT molecular complexity index is 1100. The molecule has 0 aromatic heterocycles. The van der Waals surface area contributed by atoms with Crippen LogP contribution in [0.4, 0.5) is 5.69 Å². The SMILES string of the molecule is COc1cc(C(=O)c2cc(Cl)ccc2NC(=S)NCc2ccccc2)cc(OC)c1OC. The van der Waals surface area contributed by atoms with Gasteiger partial charge in [-0.25, -0.2) is 0 Å². The highest BCUT2D eigenvalue weighted by atomic mass is 35.5. The lowest BCUT2D eigenvalue weighted by molar-refractivity contribution is 0.103. The van der Waals surface area contributed by atoms with Crippen molar-refractivity contribution in [3.05, 3.63) is 82.4 Å². The van der Waals surface area contributed by atoms with Gasteiger partial charge in [0.05, 0.1) is 27.0 Å². The predicted molar refractivity (Wildman–Crippen MR) is 130 cm³/mol. The molecule has 0 saturated carbocycles. The van der Waals surface area contributed by atoms with Gasteiger partial charge in [0.1, 0.15) is 0 Å². The van der Waals surface area contributed by atoms with Crippen LogP contribution in [0.25, 0.3) is 0 Å². The number of hydrogen-bond acceptors (Lipinski definition) is 5. The van der Waals surface area contributed by atoms with E-state index in [0.717, 1.165) is 5.56 Å². The monoisotopic (exact) mass is 470 g/mol. The summed E-state index contributed by atoms with van der Waals surface area (Å²) in [7, 11) is 4.49. The quantitative estimate of drug-likeness (QED) is 0.351. The van der Waals surface area contributed by atoms with Gasteiger partial charge in [0, 0.05) is 22.7 Å². The molecule has 0 aliphatic rings. The molecule has 8 heteroatoms. The summed E-state index contributed by atoms with van der Waals surface area (Å²) in [5.74, 6) is 0.890. The fraction of sp³-hybridized carbons (Fsp3) is 0.167. The average molecular weight is 471 g/mol. The molecular formula is C24H23ClN2O4S. The number of methoxy groups -OCH3 is 3. The summed E-state index contributed by atoms with van der Waals surface area (Å²) in [5, 5.41) is 7.04. The molecule has 32 heavy (non-hydrogen) atoms. The molecule has 0 radical (unpaired) electrons. The van der Waals surface area contributed by atoms with Crippen LogP contribution in [0, 0.1) is 0 Å². The molecule has 3 aromatic rings. The number of rotatable bonds is 8. The number of nitrogens with one attached hydrogen (secondary N) is 2. The first-order valence-electron chi connectivity index (χ1n) is 9.69. The number of carbonyl (C=O) groups excluding carboxylic acids is 1. The van der Waals surface area contributed by atoms with Crippen molar-refractivity contribution in [1.29, 1.82) is 0 Å². The normalized spacial score (nSPS) is 10.2. The van der Waals surface area contributed by atoms with Crippen LogP contribution in [-0.2, 0) is 6.54 Å². The lowest BCUT2D eigenvalue weighted by Crippen LogP contribution is -2.28. The summed E-state index contributed by atoms with van der Waals surface area (Å²) < 4.78 is 16.1. The predicted octanol–water partition coefficient (Wildman–Crippen LogP) is 5.08. The van der Waals surface area contributed by atoms with Crippen LogP contribution in [0.3, 0.4) is 0 Å². The van der Waals surface area contributed by atoms with Crippen molar-refractivity contribution >= 4 is 40.4 Å². The second-order valence-corrected chi connectivity index (χ2v) is 7.57. The highest BCUT2D eigenvalue weighted by Crippen LogP contribution is 2.39. The maximum atomic E-state index is 13.4. The fourth-order valence-electron chi connectivity index (χ4n) is 3.13. The second-order valence-electron chi connectivity index (χ2n) is 6.73. The first kappa shape index (κ1) is 23.4. The first-order chi connectivity index (χ1) is 15.5. The molecule has 2 N–H and O–H groups in total. The fourth-order valence-corrected chi connectivity index (χ4v) is 3.48. The Kier molecular flexibility index (Phi) is 7.92. The van der Waals surface area contributed by atoms with Crippen molar-refractivity contribution in [3.8, 4) is 17.2 Å². The van der Waals surface area contributed by atoms with E-state index in [4.69, 9.17) is 38.0 Å². The van der Waals surface area contributed by atoms with Gasteiger partial charge in [-0.2, -0.15) is 0 Å². The molecule has 0 bridgehead atoms. The van der Waals surface area contributed by atoms with Crippen LogP contribution in [-0.4, -0.2) is 32.2 Å². The minimum atomic E-state index is -0.278. The maximum Gasteiger partial charge on any atom is 0.203 e. The molecule has 0 spiro atoms. The van der Waals surface area contributed by atoms with Gasteiger partial charge in [-0.1, -0.05) is 41.9 Å². The highest BCUT2D eigenvalue weighted by Gasteiger charge is 2.20. The summed E-state index contributed by atoms with van der Waals surface area (Å²) in [6, 6.07) is 18.1. The van der Waals surface area contributed by atoms with Gasteiger partial charge < -0.3 is 24.8 Å². The number of anilines is 1. The number of halogens is 1. The van der Waals surface area contributed by atoms with E-state index in [2.05, 4.69) is 10.6 Å². The van der Waals surface area contributed by atoms with Gasteiger partial charge in [0.2, 0.25) is 5.75 Å². The molecule has 0 fully saturated rings. The summed E-state index contributed by atoms with van der Waals surface area (Å²) >= 11 is 11.6. The van der Waals surface area contributed by atoms with Gasteiger partial charge in [-0.3, -0.25) is 4.79 Å². The smallest absolute Gasteiger partial charge is 0.203 e. The molecule has 0 saturated heterocycles. The molecule has 0 amide bonds. The molecule has 0 aliphatic heterocycles. The third-order valence-corrected chi connectivity index (χ3v) is 5.18. The van der Waals surface area contributed by atoms with Crippen LogP contribution in [0.5, 0.6) is 17.2 Å². The largest absolute Gasteiger partial charge is 0.493 e. The Labute approximate surface area is 197 Å². The van der Waals surface area contributed by atoms with E-state index in [1.54, 1.807) is 30.3 Å². The molecule has 3 rings (SSSR count). The van der Waals surface area contributed by atoms with E-state index in [9.17, 15) is 4.79 Å². The zero-order chi connectivity index (χ0) is 23.1. The van der Waals surface area contributed by atoms with Gasteiger partial charge >= 0.3 is 0 Å². The van der Waals surface area contributed by atoms with Crippen molar-refractivity contribution in [3.63, 3.8) is 0 Å². The first-order valence-corrected chi connectivity index (χ1v) is 10.5. The summed E-state index contributed by atoms with van der Waals surface area (Å²) in [6.07, 6.45) is 0. The van der Waals surface area contributed by atoms with Gasteiger partial charge in [-0.15, -0.1) is 0 Å². The topological polar surface area (TPSA) is 68.8 Å². The molecule has 0 heterocycles. The third-order valence-electron chi connectivity index (χ3n) is 4.70. The number of ether oxygens (including phenoxy) is 3. The molecule has 0 unspecified atom stereocenters. The molecule has 166 valence electrons. The van der Waals surface area contributed by atoms with Crippen LogP contribution in [0.15, 0.2) is 60.7 Å². The average Bonchev–Trinajstić information content (AvgIpc) is 2.83. The van der Waals surface area contributed by atoms with E-state index < -0.39 is 0 Å². The molecule has 0 atom stereocenters. The van der Waals surface area contributed by atoms with Crippen molar-refractivity contribution < 1.29 is 19.0 Å². The number of carbonyl (C=O) groups is 1. The molecule has 3 aromatic carbocycles. The molecular weight excluding hydrogens is 448 g/mol. The number of benzene rings is 3. The van der Waals surface area contributed by atoms with Crippen molar-refractivity contribution in [2.45, 2.75) is 6.54 Å². The minimum Gasteiger partial charge on any atom is -0.493 e. The summed E-state index contributed by atoms with van der Waals surface area (Å²) in [5.41, 5.74) is 2.32. The Morgan fingerprint density at radius 2 is 1.59 bits per heavy atom. The van der Waals surface area contributed by atoms with E-state index >= 15 is 0 Å². The van der Waals surface area contributed by atoms with Crippen LogP contribution >= 0.6 is 23.8 Å². The molecule has 0 aliphatic carbocycles. The van der Waals surface area contributed by atoms with Gasteiger partial charge in [-0.05, 0) is 48.1 Å². The van der Waals surface area contributed by atoms with Gasteiger partial charge in [0.25, 0.3) is 0 Å². The van der Waals surface area contributed by atoms with E-state index in [0.29, 0.717) is 50.7 Å². The Morgan fingerprint density at radius 1 is 0.938 bits per heavy atom.